The molecular formula is C8H9N3. The van der Waals surface area contributed by atoms with E-state index < -0.39 is 0 Å². The molecule has 0 aliphatic carbocycles. The Morgan fingerprint density at radius 1 is 1.45 bits per heavy atom. The Morgan fingerprint density at radius 2 is 2.36 bits per heavy atom. The minimum atomic E-state index is 0.933. The van der Waals surface area contributed by atoms with E-state index >= 15 is 0 Å². The van der Waals surface area contributed by atoms with Crippen LogP contribution in [0.1, 0.15) is 12.5 Å². The molecule has 2 heterocycles. The highest BCUT2D eigenvalue weighted by Crippen LogP contribution is 2.08. The summed E-state index contributed by atoms with van der Waals surface area (Å²) in [5, 5.41) is 6.77. The van der Waals surface area contributed by atoms with Crippen LogP contribution in [-0.2, 0) is 6.42 Å². The largest absolute Gasteiger partial charge is 0.276 e. The van der Waals surface area contributed by atoms with Gasteiger partial charge in [0.05, 0.1) is 11.7 Å². The molecule has 2 rings (SSSR count). The molecular weight excluding hydrogens is 138 g/mol. The molecule has 0 aliphatic rings. The molecule has 0 amide bonds. The lowest BCUT2D eigenvalue weighted by Crippen LogP contribution is -1.82. The van der Waals surface area contributed by atoms with Crippen LogP contribution in [0.15, 0.2) is 18.5 Å². The Balaban J connectivity index is 2.67. The van der Waals surface area contributed by atoms with Gasteiger partial charge < -0.3 is 0 Å². The van der Waals surface area contributed by atoms with Crippen molar-refractivity contribution in [2.24, 2.45) is 0 Å². The lowest BCUT2D eigenvalue weighted by molar-refractivity contribution is 1.10. The van der Waals surface area contributed by atoms with E-state index in [4.69, 9.17) is 0 Å². The van der Waals surface area contributed by atoms with E-state index in [0.29, 0.717) is 0 Å². The number of fused-ring (bicyclic) bond motifs is 1. The van der Waals surface area contributed by atoms with Crippen molar-refractivity contribution < 1.29 is 0 Å². The predicted octanol–water partition coefficient (Wildman–Crippen LogP) is 1.52. The number of aromatic amines is 1. The van der Waals surface area contributed by atoms with E-state index in [0.717, 1.165) is 17.5 Å². The average molecular weight is 147 g/mol. The summed E-state index contributed by atoms with van der Waals surface area (Å²) in [6, 6.07) is 2.08. The summed E-state index contributed by atoms with van der Waals surface area (Å²) in [6.07, 6.45) is 4.63. The number of pyridine rings is 1. The van der Waals surface area contributed by atoms with Crippen LogP contribution >= 0.6 is 0 Å². The van der Waals surface area contributed by atoms with E-state index in [1.165, 1.54) is 5.56 Å². The number of hydrogen-bond donors (Lipinski definition) is 1. The smallest absolute Gasteiger partial charge is 0.108 e. The summed E-state index contributed by atoms with van der Waals surface area (Å²) < 4.78 is 0. The van der Waals surface area contributed by atoms with Crippen LogP contribution in [0, 0.1) is 0 Å². The maximum Gasteiger partial charge on any atom is 0.108 e. The third kappa shape index (κ3) is 0.981. The SMILES string of the molecule is CCc1cnc2cn[nH]c2c1. The summed E-state index contributed by atoms with van der Waals surface area (Å²) in [6.45, 7) is 2.11. The van der Waals surface area contributed by atoms with Crippen molar-refractivity contribution in [1.29, 1.82) is 0 Å². The second kappa shape index (κ2) is 2.34. The van der Waals surface area contributed by atoms with Gasteiger partial charge in [0.25, 0.3) is 0 Å². The standard InChI is InChI=1S/C8H9N3/c1-2-6-3-7-8(9-4-6)5-10-11-7/h3-5H,2H2,1H3,(H,10,11). The van der Waals surface area contributed by atoms with Gasteiger partial charge in [0.1, 0.15) is 5.52 Å². The van der Waals surface area contributed by atoms with E-state index in [9.17, 15) is 0 Å². The number of aryl methyl sites for hydroxylation is 1. The molecule has 2 aromatic heterocycles. The lowest BCUT2D eigenvalue weighted by atomic mass is 10.2. The van der Waals surface area contributed by atoms with Gasteiger partial charge in [0.2, 0.25) is 0 Å². The minimum Gasteiger partial charge on any atom is -0.276 e. The molecule has 0 aliphatic heterocycles. The second-order valence-corrected chi connectivity index (χ2v) is 2.50. The topological polar surface area (TPSA) is 41.6 Å². The molecule has 0 fully saturated rings. The highest BCUT2D eigenvalue weighted by Gasteiger charge is 1.96. The zero-order chi connectivity index (χ0) is 7.68. The summed E-state index contributed by atoms with van der Waals surface area (Å²) >= 11 is 0. The Bertz CT molecular complexity index is 364. The van der Waals surface area contributed by atoms with Crippen molar-refractivity contribution >= 4 is 11.0 Å². The van der Waals surface area contributed by atoms with Crippen LogP contribution in [-0.4, -0.2) is 15.2 Å². The van der Waals surface area contributed by atoms with Crippen molar-refractivity contribution in [3.63, 3.8) is 0 Å². The van der Waals surface area contributed by atoms with Crippen LogP contribution in [0.4, 0.5) is 0 Å². The Hall–Kier alpha value is -1.38. The van der Waals surface area contributed by atoms with Gasteiger partial charge in [-0.15, -0.1) is 0 Å². The first-order valence-corrected chi connectivity index (χ1v) is 3.68. The third-order valence-electron chi connectivity index (χ3n) is 1.76. The van der Waals surface area contributed by atoms with Crippen LogP contribution in [0.3, 0.4) is 0 Å². The predicted molar refractivity (Wildman–Crippen MR) is 43.3 cm³/mol. The van der Waals surface area contributed by atoms with Crippen molar-refractivity contribution in [3.8, 4) is 0 Å². The molecule has 2 aromatic rings. The molecule has 3 nitrogen and oxygen atoms in total. The van der Waals surface area contributed by atoms with Crippen molar-refractivity contribution in [2.45, 2.75) is 13.3 Å². The first-order chi connectivity index (χ1) is 5.40. The van der Waals surface area contributed by atoms with Crippen molar-refractivity contribution in [1.82, 2.24) is 15.2 Å². The van der Waals surface area contributed by atoms with Gasteiger partial charge in [-0.25, -0.2) is 0 Å². The molecule has 0 radical (unpaired) electrons. The summed E-state index contributed by atoms with van der Waals surface area (Å²) in [4.78, 5) is 4.22. The fraction of sp³-hybridized carbons (Fsp3) is 0.250. The van der Waals surface area contributed by atoms with Crippen LogP contribution in [0.2, 0.25) is 0 Å². The quantitative estimate of drug-likeness (QED) is 0.664. The van der Waals surface area contributed by atoms with Gasteiger partial charge in [0, 0.05) is 6.20 Å². The molecule has 3 heteroatoms. The Labute approximate surface area is 64.5 Å². The summed E-state index contributed by atoms with van der Waals surface area (Å²) in [5.74, 6) is 0. The summed E-state index contributed by atoms with van der Waals surface area (Å²) in [5.41, 5.74) is 3.19. The highest BCUT2D eigenvalue weighted by atomic mass is 15.1. The maximum atomic E-state index is 4.22. The van der Waals surface area contributed by atoms with Gasteiger partial charge in [0.15, 0.2) is 0 Å². The molecule has 1 N–H and O–H groups in total. The van der Waals surface area contributed by atoms with E-state index in [-0.39, 0.29) is 0 Å². The van der Waals surface area contributed by atoms with Crippen LogP contribution in [0.5, 0.6) is 0 Å². The Kier molecular flexibility index (Phi) is 1.35. The Morgan fingerprint density at radius 3 is 3.18 bits per heavy atom. The molecule has 0 spiro atoms. The zero-order valence-corrected chi connectivity index (χ0v) is 6.33. The molecule has 56 valence electrons. The van der Waals surface area contributed by atoms with E-state index in [1.807, 2.05) is 6.20 Å². The fourth-order valence-electron chi connectivity index (χ4n) is 1.07. The first-order valence-electron chi connectivity index (χ1n) is 3.68. The number of rotatable bonds is 1. The van der Waals surface area contributed by atoms with E-state index in [1.54, 1.807) is 6.20 Å². The van der Waals surface area contributed by atoms with Gasteiger partial charge in [-0.2, -0.15) is 5.10 Å². The summed E-state index contributed by atoms with van der Waals surface area (Å²) in [7, 11) is 0. The van der Waals surface area contributed by atoms with Crippen LogP contribution in [0.25, 0.3) is 11.0 Å². The lowest BCUT2D eigenvalue weighted by Gasteiger charge is -1.93. The zero-order valence-electron chi connectivity index (χ0n) is 6.33. The number of H-pyrrole nitrogens is 1. The van der Waals surface area contributed by atoms with Gasteiger partial charge in [-0.05, 0) is 18.1 Å². The number of nitrogens with one attached hydrogen (secondary N) is 1. The van der Waals surface area contributed by atoms with Crippen molar-refractivity contribution in [2.75, 3.05) is 0 Å². The van der Waals surface area contributed by atoms with Crippen LogP contribution < -0.4 is 0 Å². The van der Waals surface area contributed by atoms with Gasteiger partial charge in [-0.3, -0.25) is 10.1 Å². The second-order valence-electron chi connectivity index (χ2n) is 2.50. The first kappa shape index (κ1) is 6.34. The number of nitrogens with zero attached hydrogens (tertiary/aromatic N) is 2. The molecule has 0 atom stereocenters. The monoisotopic (exact) mass is 147 g/mol. The van der Waals surface area contributed by atoms with Crippen molar-refractivity contribution in [3.05, 3.63) is 24.0 Å². The molecule has 0 unspecified atom stereocenters. The molecule has 0 bridgehead atoms. The van der Waals surface area contributed by atoms with E-state index in [2.05, 4.69) is 28.2 Å². The normalized spacial score (nSPS) is 10.6. The minimum absolute atomic E-state index is 0.933. The number of aromatic nitrogens is 3. The number of hydrogen-bond acceptors (Lipinski definition) is 2. The average Bonchev–Trinajstić information content (AvgIpc) is 2.50. The molecule has 0 saturated heterocycles. The molecule has 0 aromatic carbocycles. The third-order valence-corrected chi connectivity index (χ3v) is 1.76. The fourth-order valence-corrected chi connectivity index (χ4v) is 1.07. The highest BCUT2D eigenvalue weighted by molar-refractivity contribution is 5.73. The van der Waals surface area contributed by atoms with Gasteiger partial charge in [-0.1, -0.05) is 6.92 Å². The maximum absolute atomic E-state index is 4.22. The molecule has 11 heavy (non-hydrogen) atoms. The van der Waals surface area contributed by atoms with Gasteiger partial charge >= 0.3 is 0 Å². The molecule has 0 saturated carbocycles.